The summed E-state index contributed by atoms with van der Waals surface area (Å²) >= 11 is 0. The molecule has 1 aliphatic rings. The highest BCUT2D eigenvalue weighted by Gasteiger charge is 2.66. The number of hydrogen-bond acceptors (Lipinski definition) is 1. The minimum atomic E-state index is -0.325. The fourth-order valence-electron chi connectivity index (χ4n) is 3.47. The summed E-state index contributed by atoms with van der Waals surface area (Å²) in [5, 5.41) is 3.03. The van der Waals surface area contributed by atoms with Crippen molar-refractivity contribution in [2.24, 2.45) is 16.7 Å². The van der Waals surface area contributed by atoms with Gasteiger partial charge in [-0.3, -0.25) is 4.79 Å². The molecule has 0 heterocycles. The van der Waals surface area contributed by atoms with E-state index in [2.05, 4.69) is 33.0 Å². The molecule has 0 spiro atoms. The van der Waals surface area contributed by atoms with E-state index in [4.69, 9.17) is 0 Å². The van der Waals surface area contributed by atoms with Gasteiger partial charge in [0, 0.05) is 11.6 Å². The van der Waals surface area contributed by atoms with E-state index in [9.17, 15) is 9.18 Å². The van der Waals surface area contributed by atoms with Crippen molar-refractivity contribution in [2.45, 2.75) is 40.7 Å². The highest BCUT2D eigenvalue weighted by Crippen LogP contribution is 2.69. The van der Waals surface area contributed by atoms with E-state index in [-0.39, 0.29) is 28.6 Å². The van der Waals surface area contributed by atoms with Crippen LogP contribution >= 0.6 is 0 Å². The van der Waals surface area contributed by atoms with Crippen LogP contribution in [0.2, 0.25) is 0 Å². The number of halogens is 1. The summed E-state index contributed by atoms with van der Waals surface area (Å²) in [6.07, 6.45) is 0. The minimum Gasteiger partial charge on any atom is -0.349 e. The lowest BCUT2D eigenvalue weighted by Gasteiger charge is -2.16. The maximum Gasteiger partial charge on any atom is 0.251 e. The van der Waals surface area contributed by atoms with Crippen LogP contribution in [0.4, 0.5) is 4.39 Å². The average molecular weight is 263 g/mol. The first-order valence-electron chi connectivity index (χ1n) is 6.74. The third-order valence-electron chi connectivity index (χ3n) is 5.10. The quantitative estimate of drug-likeness (QED) is 0.886. The lowest BCUT2D eigenvalue weighted by Crippen LogP contribution is -2.35. The van der Waals surface area contributed by atoms with Crippen molar-refractivity contribution in [1.82, 2.24) is 5.32 Å². The molecule has 1 saturated carbocycles. The first-order chi connectivity index (χ1) is 8.68. The van der Waals surface area contributed by atoms with Crippen LogP contribution in [0.1, 0.15) is 45.0 Å². The van der Waals surface area contributed by atoms with Gasteiger partial charge in [0.1, 0.15) is 5.82 Å². The summed E-state index contributed by atoms with van der Waals surface area (Å²) in [5.74, 6) is 0.00413. The molecular formula is C16H22FNO. The van der Waals surface area contributed by atoms with Gasteiger partial charge in [-0.05, 0) is 47.9 Å². The maximum absolute atomic E-state index is 12.8. The van der Waals surface area contributed by atoms with E-state index in [1.54, 1.807) is 0 Å². The highest BCUT2D eigenvalue weighted by molar-refractivity contribution is 5.94. The lowest BCUT2D eigenvalue weighted by atomic mass is 10.0. The summed E-state index contributed by atoms with van der Waals surface area (Å²) < 4.78 is 12.8. The first kappa shape index (κ1) is 14.0. The van der Waals surface area contributed by atoms with Gasteiger partial charge in [0.05, 0.1) is 0 Å². The predicted octanol–water partition coefficient (Wildman–Crippen LogP) is 3.63. The first-order valence-corrected chi connectivity index (χ1v) is 6.74. The Labute approximate surface area is 114 Å². The topological polar surface area (TPSA) is 29.1 Å². The Balaban J connectivity index is 2.03. The Bertz CT molecular complexity index is 476. The molecule has 1 fully saturated rings. The van der Waals surface area contributed by atoms with Crippen LogP contribution in [-0.4, -0.2) is 11.9 Å². The molecule has 19 heavy (non-hydrogen) atoms. The Morgan fingerprint density at radius 3 is 2.05 bits per heavy atom. The highest BCUT2D eigenvalue weighted by atomic mass is 19.1. The number of benzene rings is 1. The van der Waals surface area contributed by atoms with Crippen molar-refractivity contribution in [1.29, 1.82) is 0 Å². The third kappa shape index (κ3) is 2.26. The van der Waals surface area contributed by atoms with Gasteiger partial charge >= 0.3 is 0 Å². The van der Waals surface area contributed by atoms with Crippen molar-refractivity contribution < 1.29 is 9.18 Å². The molecule has 1 N–H and O–H groups in total. The van der Waals surface area contributed by atoms with Gasteiger partial charge in [-0.1, -0.05) is 27.7 Å². The summed E-state index contributed by atoms with van der Waals surface area (Å²) in [6.45, 7) is 11.0. The summed E-state index contributed by atoms with van der Waals surface area (Å²) in [5.41, 5.74) is 0.981. The molecule has 2 rings (SSSR count). The second kappa shape index (κ2) is 4.32. The molecule has 0 aromatic heterocycles. The van der Waals surface area contributed by atoms with Crippen molar-refractivity contribution in [3.05, 3.63) is 35.6 Å². The van der Waals surface area contributed by atoms with E-state index in [0.29, 0.717) is 11.5 Å². The van der Waals surface area contributed by atoms with Gasteiger partial charge < -0.3 is 5.32 Å². The normalized spacial score (nSPS) is 21.8. The zero-order valence-electron chi connectivity index (χ0n) is 12.3. The van der Waals surface area contributed by atoms with E-state index in [1.165, 1.54) is 24.3 Å². The average Bonchev–Trinajstić information content (AvgIpc) is 2.69. The molecule has 0 bridgehead atoms. The summed E-state index contributed by atoms with van der Waals surface area (Å²) in [7, 11) is 0. The molecule has 1 aliphatic carbocycles. The zero-order chi connectivity index (χ0) is 14.4. The summed E-state index contributed by atoms with van der Waals surface area (Å²) in [4.78, 5) is 12.1. The van der Waals surface area contributed by atoms with Crippen LogP contribution in [-0.2, 0) is 0 Å². The number of carbonyl (C=O) groups is 1. The van der Waals surface area contributed by atoms with E-state index in [1.807, 2.05) is 6.92 Å². The van der Waals surface area contributed by atoms with Gasteiger partial charge in [0.15, 0.2) is 0 Å². The van der Waals surface area contributed by atoms with E-state index < -0.39 is 0 Å². The van der Waals surface area contributed by atoms with Crippen molar-refractivity contribution in [3.63, 3.8) is 0 Å². The monoisotopic (exact) mass is 263 g/mol. The molecule has 0 aliphatic heterocycles. The summed E-state index contributed by atoms with van der Waals surface area (Å²) in [6, 6.07) is 5.76. The van der Waals surface area contributed by atoms with Gasteiger partial charge in [0.2, 0.25) is 0 Å². The van der Waals surface area contributed by atoms with Crippen LogP contribution in [0.15, 0.2) is 24.3 Å². The Morgan fingerprint density at radius 1 is 1.16 bits per heavy atom. The van der Waals surface area contributed by atoms with Crippen LogP contribution in [0.5, 0.6) is 0 Å². The molecule has 0 unspecified atom stereocenters. The molecule has 0 radical (unpaired) electrons. The fourth-order valence-corrected chi connectivity index (χ4v) is 3.47. The van der Waals surface area contributed by atoms with Crippen molar-refractivity contribution in [2.75, 3.05) is 0 Å². The second-order valence-electron chi connectivity index (χ2n) is 6.69. The van der Waals surface area contributed by atoms with E-state index >= 15 is 0 Å². The molecule has 104 valence electrons. The fraction of sp³-hybridized carbons (Fsp3) is 0.562. The molecule has 3 heteroatoms. The van der Waals surface area contributed by atoms with Crippen LogP contribution in [0.3, 0.4) is 0 Å². The van der Waals surface area contributed by atoms with Gasteiger partial charge in [-0.15, -0.1) is 0 Å². The number of rotatable bonds is 3. The predicted molar refractivity (Wildman–Crippen MR) is 74.4 cm³/mol. The molecule has 1 amide bonds. The largest absolute Gasteiger partial charge is 0.349 e. The van der Waals surface area contributed by atoms with Crippen LogP contribution in [0.25, 0.3) is 0 Å². The number of amides is 1. The maximum atomic E-state index is 12.8. The number of hydrogen-bond donors (Lipinski definition) is 1. The Kier molecular flexibility index (Phi) is 3.20. The third-order valence-corrected chi connectivity index (χ3v) is 5.10. The molecular weight excluding hydrogens is 241 g/mol. The lowest BCUT2D eigenvalue weighted by molar-refractivity contribution is 0.0932. The van der Waals surface area contributed by atoms with Gasteiger partial charge in [0.25, 0.3) is 5.91 Å². The van der Waals surface area contributed by atoms with Crippen molar-refractivity contribution in [3.8, 4) is 0 Å². The molecule has 1 atom stereocenters. The number of carbonyl (C=O) groups excluding carboxylic acids is 1. The molecule has 1 aromatic rings. The molecule has 2 nitrogen and oxygen atoms in total. The zero-order valence-corrected chi connectivity index (χ0v) is 12.3. The van der Waals surface area contributed by atoms with Crippen LogP contribution in [0, 0.1) is 22.6 Å². The van der Waals surface area contributed by atoms with E-state index in [0.717, 1.165) is 0 Å². The van der Waals surface area contributed by atoms with Gasteiger partial charge in [-0.25, -0.2) is 4.39 Å². The standard InChI is InChI=1S/C16H22FNO/c1-10(13-15(2,3)16(13,4)5)18-14(19)11-6-8-12(17)9-7-11/h6-10,13H,1-5H3,(H,18,19)/t10-/m1/s1. The van der Waals surface area contributed by atoms with Gasteiger partial charge in [-0.2, -0.15) is 0 Å². The smallest absolute Gasteiger partial charge is 0.251 e. The van der Waals surface area contributed by atoms with Crippen molar-refractivity contribution >= 4 is 5.91 Å². The Hall–Kier alpha value is -1.38. The molecule has 0 saturated heterocycles. The second-order valence-corrected chi connectivity index (χ2v) is 6.69. The minimum absolute atomic E-state index is 0.113. The Morgan fingerprint density at radius 2 is 1.63 bits per heavy atom. The van der Waals surface area contributed by atoms with Crippen LogP contribution < -0.4 is 5.32 Å². The SMILES string of the molecule is C[C@@H](NC(=O)c1ccc(F)cc1)C1C(C)(C)C1(C)C. The molecule has 1 aromatic carbocycles. The number of nitrogens with one attached hydrogen (secondary N) is 1.